The number of amides is 1. The second-order valence-corrected chi connectivity index (χ2v) is 5.20. The van der Waals surface area contributed by atoms with Gasteiger partial charge in [0, 0.05) is 16.1 Å². The van der Waals surface area contributed by atoms with Crippen LogP contribution in [-0.4, -0.2) is 16.9 Å². The molecule has 3 rings (SSSR count). The molecule has 1 saturated heterocycles. The van der Waals surface area contributed by atoms with E-state index in [9.17, 15) is 4.79 Å². The van der Waals surface area contributed by atoms with E-state index >= 15 is 0 Å². The molecule has 4 N–H and O–H groups in total. The quantitative estimate of drug-likeness (QED) is 0.587. The fourth-order valence-electron chi connectivity index (χ4n) is 1.88. The molecule has 0 aliphatic carbocycles. The van der Waals surface area contributed by atoms with Crippen LogP contribution >= 0.6 is 23.4 Å². The number of carbonyl (C=O) groups excluding carboxylic acids is 1. The third-order valence-electron chi connectivity index (χ3n) is 2.65. The lowest BCUT2D eigenvalue weighted by molar-refractivity contribution is 0.265. The number of hydrogen-bond acceptors (Lipinski definition) is 4. The van der Waals surface area contributed by atoms with Crippen LogP contribution < -0.4 is 10.6 Å². The Morgan fingerprint density at radius 2 is 1.89 bits per heavy atom. The summed E-state index contributed by atoms with van der Waals surface area (Å²) < 4.78 is 0. The average molecular weight is 279 g/mol. The summed E-state index contributed by atoms with van der Waals surface area (Å²) in [7, 11) is 0. The minimum atomic E-state index is -0.286. The second-order valence-electron chi connectivity index (χ2n) is 3.78. The molecule has 1 aromatic rings. The van der Waals surface area contributed by atoms with Gasteiger partial charge in [-0.2, -0.15) is 0 Å². The summed E-state index contributed by atoms with van der Waals surface area (Å²) in [5.41, 5.74) is 2.05. The van der Waals surface area contributed by atoms with Crippen LogP contribution in [0.3, 0.4) is 0 Å². The zero-order valence-electron chi connectivity index (χ0n) is 8.93. The molecule has 1 aromatic carbocycles. The molecule has 0 radical (unpaired) electrons. The van der Waals surface area contributed by atoms with Crippen molar-refractivity contribution in [3.8, 4) is 0 Å². The number of rotatable bonds is 0. The van der Waals surface area contributed by atoms with Crippen LogP contribution in [0.2, 0.25) is 5.02 Å². The third-order valence-corrected chi connectivity index (χ3v) is 3.78. The molecule has 0 saturated carbocycles. The highest BCUT2D eigenvalue weighted by molar-refractivity contribution is 8.18. The monoisotopic (exact) mass is 278 g/mol. The Hall–Kier alpha value is -1.79. The SMILES string of the molecule is N=C1NC(=O)SC1=C1NC(=N)c2ccc(Cl)cc21. The van der Waals surface area contributed by atoms with Gasteiger partial charge in [-0.3, -0.25) is 15.6 Å². The molecule has 18 heavy (non-hydrogen) atoms. The maximum Gasteiger partial charge on any atom is 0.289 e. The Morgan fingerprint density at radius 3 is 2.56 bits per heavy atom. The first-order chi connectivity index (χ1) is 8.56. The molecule has 0 bridgehead atoms. The average Bonchev–Trinajstić information content (AvgIpc) is 2.79. The van der Waals surface area contributed by atoms with Gasteiger partial charge in [0.2, 0.25) is 0 Å². The summed E-state index contributed by atoms with van der Waals surface area (Å²) in [6.45, 7) is 0. The van der Waals surface area contributed by atoms with Gasteiger partial charge in [0.1, 0.15) is 11.7 Å². The maximum absolute atomic E-state index is 11.3. The summed E-state index contributed by atoms with van der Waals surface area (Å²) in [5, 5.41) is 21.1. The molecule has 0 spiro atoms. The number of thioether (sulfide) groups is 1. The van der Waals surface area contributed by atoms with E-state index in [-0.39, 0.29) is 16.9 Å². The van der Waals surface area contributed by atoms with Crippen LogP contribution in [0.15, 0.2) is 23.1 Å². The molecular weight excluding hydrogens is 272 g/mol. The number of nitrogens with one attached hydrogen (secondary N) is 4. The first-order valence-electron chi connectivity index (χ1n) is 5.04. The van der Waals surface area contributed by atoms with E-state index in [1.807, 2.05) is 0 Å². The predicted molar refractivity (Wildman–Crippen MR) is 72.2 cm³/mol. The van der Waals surface area contributed by atoms with Gasteiger partial charge in [-0.1, -0.05) is 11.6 Å². The smallest absolute Gasteiger partial charge is 0.289 e. The molecule has 2 heterocycles. The third kappa shape index (κ3) is 1.61. The van der Waals surface area contributed by atoms with E-state index in [0.29, 0.717) is 15.6 Å². The van der Waals surface area contributed by atoms with E-state index in [1.165, 1.54) is 0 Å². The van der Waals surface area contributed by atoms with Gasteiger partial charge in [0.25, 0.3) is 5.24 Å². The van der Waals surface area contributed by atoms with Crippen molar-refractivity contribution in [2.24, 2.45) is 0 Å². The number of halogens is 1. The Labute approximate surface area is 112 Å². The van der Waals surface area contributed by atoms with Crippen LogP contribution in [-0.2, 0) is 0 Å². The molecule has 1 fully saturated rings. The van der Waals surface area contributed by atoms with Crippen LogP contribution in [0.5, 0.6) is 0 Å². The first-order valence-corrected chi connectivity index (χ1v) is 6.23. The summed E-state index contributed by atoms with van der Waals surface area (Å²) in [4.78, 5) is 11.7. The summed E-state index contributed by atoms with van der Waals surface area (Å²) in [5.74, 6) is 0.296. The lowest BCUT2D eigenvalue weighted by Crippen LogP contribution is -2.19. The lowest BCUT2D eigenvalue weighted by atomic mass is 10.1. The first kappa shape index (κ1) is 11.3. The summed E-state index contributed by atoms with van der Waals surface area (Å²) in [6, 6.07) is 5.18. The molecule has 7 heteroatoms. The molecular formula is C11H7ClN4OS. The zero-order chi connectivity index (χ0) is 12.9. The van der Waals surface area contributed by atoms with Crippen molar-refractivity contribution < 1.29 is 4.79 Å². The maximum atomic E-state index is 11.3. The number of fused-ring (bicyclic) bond motifs is 1. The van der Waals surface area contributed by atoms with E-state index < -0.39 is 0 Å². The Balaban J connectivity index is 2.21. The summed E-state index contributed by atoms with van der Waals surface area (Å²) in [6.07, 6.45) is 0. The van der Waals surface area contributed by atoms with Gasteiger partial charge < -0.3 is 10.6 Å². The van der Waals surface area contributed by atoms with Crippen molar-refractivity contribution in [1.82, 2.24) is 10.6 Å². The minimum Gasteiger partial charge on any atom is -0.339 e. The van der Waals surface area contributed by atoms with Crippen molar-refractivity contribution in [2.45, 2.75) is 0 Å². The number of benzene rings is 1. The minimum absolute atomic E-state index is 0.0492. The fraction of sp³-hybridized carbons (Fsp3) is 0. The highest BCUT2D eigenvalue weighted by Gasteiger charge is 2.31. The molecule has 1 amide bonds. The molecule has 90 valence electrons. The molecule has 0 atom stereocenters. The molecule has 5 nitrogen and oxygen atoms in total. The van der Waals surface area contributed by atoms with Gasteiger partial charge in [-0.25, -0.2) is 0 Å². The highest BCUT2D eigenvalue weighted by atomic mass is 35.5. The van der Waals surface area contributed by atoms with Gasteiger partial charge in [-0.05, 0) is 30.0 Å². The Morgan fingerprint density at radius 1 is 1.11 bits per heavy atom. The Kier molecular flexibility index (Phi) is 2.42. The number of hydrogen-bond donors (Lipinski definition) is 4. The topological polar surface area (TPSA) is 88.8 Å². The van der Waals surface area contributed by atoms with Crippen LogP contribution in [0, 0.1) is 10.8 Å². The largest absolute Gasteiger partial charge is 0.339 e. The summed E-state index contributed by atoms with van der Waals surface area (Å²) >= 11 is 6.89. The predicted octanol–water partition coefficient (Wildman–Crippen LogP) is 2.37. The fourth-order valence-corrected chi connectivity index (χ4v) is 2.81. The van der Waals surface area contributed by atoms with E-state index in [2.05, 4.69) is 10.6 Å². The zero-order valence-corrected chi connectivity index (χ0v) is 10.5. The van der Waals surface area contributed by atoms with Gasteiger partial charge in [0.05, 0.1) is 10.6 Å². The molecule has 2 aliphatic rings. The highest BCUT2D eigenvalue weighted by Crippen LogP contribution is 2.35. The van der Waals surface area contributed by atoms with Crippen LogP contribution in [0.4, 0.5) is 4.79 Å². The van der Waals surface area contributed by atoms with E-state index in [1.54, 1.807) is 18.2 Å². The molecule has 2 aliphatic heterocycles. The van der Waals surface area contributed by atoms with E-state index in [0.717, 1.165) is 22.9 Å². The number of amidine groups is 2. The van der Waals surface area contributed by atoms with Crippen molar-refractivity contribution in [1.29, 1.82) is 10.8 Å². The molecule has 0 unspecified atom stereocenters. The van der Waals surface area contributed by atoms with Crippen molar-refractivity contribution in [2.75, 3.05) is 0 Å². The second kappa shape index (κ2) is 3.86. The van der Waals surface area contributed by atoms with Crippen LogP contribution in [0.1, 0.15) is 11.1 Å². The molecule has 0 aromatic heterocycles. The Bertz CT molecular complexity index is 652. The standard InChI is InChI=1S/C11H7ClN4OS/c12-4-1-2-5-6(3-4)7(15-9(5)13)8-10(14)16-11(17)18-8/h1-3H,(H2,13,15)(H2,14,16,17). The number of carbonyl (C=O) groups is 1. The lowest BCUT2D eigenvalue weighted by Gasteiger charge is -2.03. The van der Waals surface area contributed by atoms with Gasteiger partial charge in [0.15, 0.2) is 0 Å². The van der Waals surface area contributed by atoms with E-state index in [4.69, 9.17) is 22.4 Å². The van der Waals surface area contributed by atoms with Crippen molar-refractivity contribution in [3.05, 3.63) is 39.3 Å². The van der Waals surface area contributed by atoms with Gasteiger partial charge >= 0.3 is 0 Å². The normalized spacial score (nSPS) is 21.9. The van der Waals surface area contributed by atoms with Crippen molar-refractivity contribution >= 4 is 46.0 Å². The van der Waals surface area contributed by atoms with Gasteiger partial charge in [-0.15, -0.1) is 0 Å². The van der Waals surface area contributed by atoms with Crippen molar-refractivity contribution in [3.63, 3.8) is 0 Å². The van der Waals surface area contributed by atoms with Crippen LogP contribution in [0.25, 0.3) is 5.70 Å².